The van der Waals surface area contributed by atoms with Gasteiger partial charge in [-0.25, -0.2) is 0 Å². The minimum absolute atomic E-state index is 0.118. The van der Waals surface area contributed by atoms with Crippen molar-refractivity contribution in [2.75, 3.05) is 47.5 Å². The summed E-state index contributed by atoms with van der Waals surface area (Å²) in [5.74, 6) is -2.48. The van der Waals surface area contributed by atoms with E-state index in [1.165, 1.54) is 0 Å². The van der Waals surface area contributed by atoms with E-state index in [1.54, 1.807) is 0 Å². The molecule has 0 N–H and O–H groups in total. The fourth-order valence-corrected chi connectivity index (χ4v) is 5.44. The Balaban J connectivity index is 4.64. The monoisotopic (exact) mass is 900 g/mol. The van der Waals surface area contributed by atoms with E-state index in [-0.39, 0.29) is 32.7 Å². The second kappa shape index (κ2) is 45.7. The van der Waals surface area contributed by atoms with Gasteiger partial charge in [0.1, 0.15) is 13.2 Å². The third-order valence-corrected chi connectivity index (χ3v) is 9.10. The van der Waals surface area contributed by atoms with Crippen LogP contribution in [0.1, 0.15) is 129 Å². The van der Waals surface area contributed by atoms with Crippen LogP contribution in [0.15, 0.2) is 146 Å². The van der Waals surface area contributed by atoms with E-state index in [1.807, 2.05) is 33.3 Å². The molecule has 9 heteroatoms. The molecule has 0 aliphatic rings. The van der Waals surface area contributed by atoms with Gasteiger partial charge in [0.25, 0.3) is 0 Å². The Labute approximate surface area is 394 Å². The van der Waals surface area contributed by atoms with Gasteiger partial charge < -0.3 is 33.3 Å². The predicted octanol–water partition coefficient (Wildman–Crippen LogP) is 12.0. The first-order valence-electron chi connectivity index (χ1n) is 24.0. The van der Waals surface area contributed by atoms with Crippen LogP contribution in [0, 0.1) is 0 Å². The van der Waals surface area contributed by atoms with Gasteiger partial charge in [0.05, 0.1) is 40.3 Å². The molecule has 0 saturated carbocycles. The molecule has 65 heavy (non-hydrogen) atoms. The number of quaternary nitrogens is 1. The van der Waals surface area contributed by atoms with E-state index in [0.717, 1.165) is 89.9 Å². The molecule has 0 heterocycles. The van der Waals surface area contributed by atoms with Gasteiger partial charge in [-0.05, 0) is 103 Å². The first-order valence-corrected chi connectivity index (χ1v) is 24.0. The molecule has 0 aliphatic carbocycles. The second-order valence-electron chi connectivity index (χ2n) is 16.3. The Bertz CT molecular complexity index is 1560. The van der Waals surface area contributed by atoms with Gasteiger partial charge in [0, 0.05) is 12.8 Å². The highest BCUT2D eigenvalue weighted by atomic mass is 16.7. The molecular weight excluding hydrogens is 815 g/mol. The maximum absolute atomic E-state index is 12.8. The molecule has 362 valence electrons. The van der Waals surface area contributed by atoms with Crippen molar-refractivity contribution in [3.8, 4) is 0 Å². The zero-order valence-electron chi connectivity index (χ0n) is 40.8. The predicted molar refractivity (Wildman–Crippen MR) is 269 cm³/mol. The summed E-state index contributed by atoms with van der Waals surface area (Å²) in [6.07, 6.45) is 63.3. The molecule has 0 amide bonds. The zero-order valence-corrected chi connectivity index (χ0v) is 40.8. The summed E-state index contributed by atoms with van der Waals surface area (Å²) < 4.78 is 22.4. The number of aliphatic carboxylic acids is 1. The summed E-state index contributed by atoms with van der Waals surface area (Å²) in [6.45, 7) is 4.33. The number of allylic oxidation sites excluding steroid dienone is 24. The van der Waals surface area contributed by atoms with E-state index in [4.69, 9.17) is 18.9 Å². The first kappa shape index (κ1) is 60.2. The van der Waals surface area contributed by atoms with Gasteiger partial charge in [0.2, 0.25) is 0 Å². The van der Waals surface area contributed by atoms with Gasteiger partial charge in [-0.2, -0.15) is 0 Å². The maximum atomic E-state index is 12.8. The number of ether oxygens (including phenoxy) is 4. The Morgan fingerprint density at radius 3 is 1.23 bits per heavy atom. The van der Waals surface area contributed by atoms with Crippen LogP contribution in [-0.4, -0.2) is 82.3 Å². The quantitative estimate of drug-likeness (QED) is 0.0196. The highest BCUT2D eigenvalue weighted by Crippen LogP contribution is 2.09. The molecule has 0 aromatic rings. The standard InChI is InChI=1S/C56H85NO8/c1-6-8-10-12-14-16-18-20-22-24-26-27-29-31-33-35-37-39-41-43-45-47-54(59)65-52(51-64-56(55(60)61)62-49-48-57(3,4)5)50-63-53(58)46-44-42-40-38-36-34-32-30-28-25-23-21-19-17-15-13-11-9-7-2/h8-11,14-17,20-23,26-28,30-31,33-34,36-37,39-40,42,52,56H,6-7,12-13,18-19,24-25,29,32,35,38,41,43-51H2,1-5H3/b10-8-,11-9-,16-14-,17-15-,22-20-,23-21-,27-26-,30-28-,33-31-,36-34-,39-37-,42-40-. The largest absolute Gasteiger partial charge is 0.545 e. The average Bonchev–Trinajstić information content (AvgIpc) is 3.27. The Morgan fingerprint density at radius 2 is 0.846 bits per heavy atom. The van der Waals surface area contributed by atoms with Gasteiger partial charge in [-0.3, -0.25) is 9.59 Å². The summed E-state index contributed by atoms with van der Waals surface area (Å²) in [7, 11) is 5.86. The molecule has 2 atom stereocenters. The number of esters is 2. The van der Waals surface area contributed by atoms with Gasteiger partial charge in [0.15, 0.2) is 12.4 Å². The molecule has 0 saturated heterocycles. The van der Waals surface area contributed by atoms with E-state index in [2.05, 4.69) is 148 Å². The SMILES string of the molecule is CC/C=C\C/C=C\C/C=C\C/C=C\C/C=C\C/C=C\CCCCC(=O)OC(COC(=O)CC/C=C\C/C=C\C/C=C\C/C=C\C/C=C\C/C=C\CC)COC(OCC[N+](C)(C)C)C(=O)[O-]. The molecule has 0 radical (unpaired) electrons. The molecular formula is C56H85NO8. The minimum atomic E-state index is -1.66. The smallest absolute Gasteiger partial charge is 0.306 e. The number of carboxylic acids is 1. The van der Waals surface area contributed by atoms with E-state index >= 15 is 0 Å². The summed E-state index contributed by atoms with van der Waals surface area (Å²) in [5.41, 5.74) is 0. The summed E-state index contributed by atoms with van der Waals surface area (Å²) in [5, 5.41) is 11.7. The minimum Gasteiger partial charge on any atom is -0.545 e. The van der Waals surface area contributed by atoms with E-state index < -0.39 is 30.3 Å². The van der Waals surface area contributed by atoms with Crippen molar-refractivity contribution in [3.63, 3.8) is 0 Å². The average molecular weight is 900 g/mol. The lowest BCUT2D eigenvalue weighted by atomic mass is 10.2. The van der Waals surface area contributed by atoms with E-state index in [9.17, 15) is 19.5 Å². The van der Waals surface area contributed by atoms with Gasteiger partial charge >= 0.3 is 11.9 Å². The van der Waals surface area contributed by atoms with Crippen molar-refractivity contribution in [1.82, 2.24) is 0 Å². The van der Waals surface area contributed by atoms with Gasteiger partial charge in [-0.15, -0.1) is 0 Å². The van der Waals surface area contributed by atoms with Crippen LogP contribution in [0.3, 0.4) is 0 Å². The van der Waals surface area contributed by atoms with Crippen molar-refractivity contribution in [1.29, 1.82) is 0 Å². The van der Waals surface area contributed by atoms with Gasteiger partial charge in [-0.1, -0.05) is 160 Å². The number of unbranched alkanes of at least 4 members (excludes halogenated alkanes) is 2. The fourth-order valence-electron chi connectivity index (χ4n) is 5.44. The number of nitrogens with zero attached hydrogens (tertiary/aromatic N) is 1. The Morgan fingerprint density at radius 1 is 0.462 bits per heavy atom. The lowest BCUT2D eigenvalue weighted by molar-refractivity contribution is -0.870. The van der Waals surface area contributed by atoms with Crippen LogP contribution in [0.5, 0.6) is 0 Å². The number of hydrogen-bond donors (Lipinski definition) is 0. The van der Waals surface area contributed by atoms with Crippen LogP contribution < -0.4 is 5.11 Å². The maximum Gasteiger partial charge on any atom is 0.306 e. The summed E-state index contributed by atoms with van der Waals surface area (Å²) >= 11 is 0. The number of likely N-dealkylation sites (N-methyl/N-ethyl adjacent to an activating group) is 1. The third-order valence-electron chi connectivity index (χ3n) is 9.10. The van der Waals surface area contributed by atoms with Crippen molar-refractivity contribution in [3.05, 3.63) is 146 Å². The van der Waals surface area contributed by atoms with E-state index in [0.29, 0.717) is 23.9 Å². The molecule has 2 unspecified atom stereocenters. The van der Waals surface area contributed by atoms with Crippen molar-refractivity contribution < 1.29 is 42.9 Å². The number of hydrogen-bond acceptors (Lipinski definition) is 8. The number of rotatable bonds is 41. The lowest BCUT2D eigenvalue weighted by Crippen LogP contribution is -2.44. The van der Waals surface area contributed by atoms with Crippen molar-refractivity contribution in [2.45, 2.75) is 142 Å². The highest BCUT2D eigenvalue weighted by Gasteiger charge is 2.21. The Kier molecular flexibility index (Phi) is 42.3. The summed E-state index contributed by atoms with van der Waals surface area (Å²) in [6, 6.07) is 0. The van der Waals surface area contributed by atoms with Crippen LogP contribution in [0.4, 0.5) is 0 Å². The molecule has 0 aromatic heterocycles. The van der Waals surface area contributed by atoms with Crippen LogP contribution in [-0.2, 0) is 33.3 Å². The number of carbonyl (C=O) groups is 3. The summed E-state index contributed by atoms with van der Waals surface area (Å²) in [4.78, 5) is 37.0. The molecule has 9 nitrogen and oxygen atoms in total. The molecule has 0 aliphatic heterocycles. The molecule has 0 spiro atoms. The topological polar surface area (TPSA) is 111 Å². The lowest BCUT2D eigenvalue weighted by Gasteiger charge is -2.26. The Hall–Kier alpha value is -4.83. The number of carboxylic acid groups (broad SMARTS) is 1. The first-order chi connectivity index (χ1) is 31.6. The molecule has 0 fully saturated rings. The van der Waals surface area contributed by atoms with Crippen molar-refractivity contribution in [2.24, 2.45) is 0 Å². The highest BCUT2D eigenvalue weighted by molar-refractivity contribution is 5.70. The van der Waals surface area contributed by atoms with Crippen LogP contribution in [0.25, 0.3) is 0 Å². The fraction of sp³-hybridized carbons (Fsp3) is 0.518. The van der Waals surface area contributed by atoms with Crippen LogP contribution in [0.2, 0.25) is 0 Å². The van der Waals surface area contributed by atoms with Crippen molar-refractivity contribution >= 4 is 17.9 Å². The third kappa shape index (κ3) is 47.0. The molecule has 0 aromatic carbocycles. The molecule has 0 rings (SSSR count). The second-order valence-corrected chi connectivity index (χ2v) is 16.3. The normalized spacial score (nSPS) is 14.2. The zero-order chi connectivity index (χ0) is 47.7. The molecule has 0 bridgehead atoms. The van der Waals surface area contributed by atoms with Crippen LogP contribution >= 0.6 is 0 Å². The number of carbonyl (C=O) groups excluding carboxylic acids is 3.